The SMILES string of the molecule is CCCN1CC2(CCN(C)CC2)CC1C(=O)NCCn1cnnc1. The lowest BCUT2D eigenvalue weighted by atomic mass is 9.76. The van der Waals surface area contributed by atoms with Gasteiger partial charge in [-0.25, -0.2) is 0 Å². The van der Waals surface area contributed by atoms with Crippen molar-refractivity contribution in [2.45, 2.75) is 45.2 Å². The molecule has 2 fully saturated rings. The summed E-state index contributed by atoms with van der Waals surface area (Å²) >= 11 is 0. The quantitative estimate of drug-likeness (QED) is 0.825. The van der Waals surface area contributed by atoms with E-state index in [1.807, 2.05) is 4.57 Å². The highest BCUT2D eigenvalue weighted by molar-refractivity contribution is 5.82. The van der Waals surface area contributed by atoms with Crippen LogP contribution in [0.15, 0.2) is 12.7 Å². The number of rotatable bonds is 6. The van der Waals surface area contributed by atoms with Crippen LogP contribution in [0.25, 0.3) is 0 Å². The molecule has 3 heterocycles. The lowest BCUT2D eigenvalue weighted by Crippen LogP contribution is -2.44. The molecule has 1 aromatic rings. The van der Waals surface area contributed by atoms with Crippen LogP contribution in [0.2, 0.25) is 0 Å². The van der Waals surface area contributed by atoms with Gasteiger partial charge in [-0.1, -0.05) is 6.92 Å². The molecule has 1 unspecified atom stereocenters. The second-order valence-electron chi connectivity index (χ2n) is 7.48. The van der Waals surface area contributed by atoms with Crippen LogP contribution < -0.4 is 5.32 Å². The molecule has 0 saturated carbocycles. The number of nitrogens with one attached hydrogen (secondary N) is 1. The maximum absolute atomic E-state index is 12.7. The number of carbonyl (C=O) groups excluding carboxylic acids is 1. The van der Waals surface area contributed by atoms with Gasteiger partial charge in [0.15, 0.2) is 0 Å². The summed E-state index contributed by atoms with van der Waals surface area (Å²) in [5, 5.41) is 10.7. The van der Waals surface area contributed by atoms with Gasteiger partial charge in [0.1, 0.15) is 12.7 Å². The minimum absolute atomic E-state index is 0.0364. The number of likely N-dealkylation sites (tertiary alicyclic amines) is 2. The summed E-state index contributed by atoms with van der Waals surface area (Å²) in [6.07, 6.45) is 7.90. The van der Waals surface area contributed by atoms with Crippen LogP contribution in [0, 0.1) is 5.41 Å². The molecule has 0 aromatic carbocycles. The first-order valence-electron chi connectivity index (χ1n) is 9.15. The fourth-order valence-corrected chi connectivity index (χ4v) is 4.14. The second kappa shape index (κ2) is 7.61. The third kappa shape index (κ3) is 3.95. The largest absolute Gasteiger partial charge is 0.353 e. The summed E-state index contributed by atoms with van der Waals surface area (Å²) < 4.78 is 1.89. The molecule has 1 spiro atoms. The molecule has 0 radical (unpaired) electrons. The molecular weight excluding hydrogens is 304 g/mol. The van der Waals surface area contributed by atoms with Gasteiger partial charge in [0.2, 0.25) is 5.91 Å². The number of nitrogens with zero attached hydrogens (tertiary/aromatic N) is 5. The molecule has 2 saturated heterocycles. The van der Waals surface area contributed by atoms with Gasteiger partial charge >= 0.3 is 0 Å². The summed E-state index contributed by atoms with van der Waals surface area (Å²) in [6.45, 7) is 7.95. The fraction of sp³-hybridized carbons (Fsp3) is 0.824. The molecule has 2 aliphatic rings. The van der Waals surface area contributed by atoms with Crippen molar-refractivity contribution in [2.75, 3.05) is 39.8 Å². The standard InChI is InChI=1S/C17H30N6O/c1-3-7-23-12-17(4-8-21(2)9-5-17)11-15(23)16(24)18-6-10-22-13-19-20-14-22/h13-15H,3-12H2,1-2H3,(H,18,24). The average Bonchev–Trinajstić information content (AvgIpc) is 3.20. The van der Waals surface area contributed by atoms with E-state index in [4.69, 9.17) is 0 Å². The molecular formula is C17H30N6O. The molecule has 7 nitrogen and oxygen atoms in total. The number of hydrogen-bond acceptors (Lipinski definition) is 5. The van der Waals surface area contributed by atoms with Crippen molar-refractivity contribution in [1.82, 2.24) is 29.9 Å². The Morgan fingerprint density at radius 2 is 1.96 bits per heavy atom. The van der Waals surface area contributed by atoms with E-state index in [0.29, 0.717) is 12.0 Å². The molecule has 134 valence electrons. The molecule has 24 heavy (non-hydrogen) atoms. The highest BCUT2D eigenvalue weighted by Gasteiger charge is 2.47. The maximum Gasteiger partial charge on any atom is 0.237 e. The number of carbonyl (C=O) groups is 1. The van der Waals surface area contributed by atoms with Crippen LogP contribution in [0.1, 0.15) is 32.6 Å². The van der Waals surface area contributed by atoms with Gasteiger partial charge < -0.3 is 14.8 Å². The Kier molecular flexibility index (Phi) is 5.50. The zero-order valence-electron chi connectivity index (χ0n) is 14.9. The Bertz CT molecular complexity index is 523. The molecule has 7 heteroatoms. The fourth-order valence-electron chi connectivity index (χ4n) is 4.14. The van der Waals surface area contributed by atoms with Gasteiger partial charge in [-0.2, -0.15) is 0 Å². The Morgan fingerprint density at radius 3 is 2.62 bits per heavy atom. The van der Waals surface area contributed by atoms with Gasteiger partial charge in [-0.05, 0) is 57.8 Å². The van der Waals surface area contributed by atoms with E-state index in [2.05, 4.69) is 39.3 Å². The lowest BCUT2D eigenvalue weighted by molar-refractivity contribution is -0.125. The van der Waals surface area contributed by atoms with Crippen molar-refractivity contribution in [3.8, 4) is 0 Å². The van der Waals surface area contributed by atoms with Crippen molar-refractivity contribution in [3.63, 3.8) is 0 Å². The monoisotopic (exact) mass is 334 g/mol. The Balaban J connectivity index is 1.56. The number of hydrogen-bond donors (Lipinski definition) is 1. The van der Waals surface area contributed by atoms with E-state index < -0.39 is 0 Å². The smallest absolute Gasteiger partial charge is 0.237 e. The minimum atomic E-state index is 0.0364. The van der Waals surface area contributed by atoms with Crippen molar-refractivity contribution >= 4 is 5.91 Å². The van der Waals surface area contributed by atoms with E-state index in [0.717, 1.165) is 45.6 Å². The van der Waals surface area contributed by atoms with Crippen LogP contribution in [0.3, 0.4) is 0 Å². The molecule has 1 amide bonds. The molecule has 3 rings (SSSR count). The lowest BCUT2D eigenvalue weighted by Gasteiger charge is -2.37. The van der Waals surface area contributed by atoms with Crippen LogP contribution in [0.4, 0.5) is 0 Å². The van der Waals surface area contributed by atoms with Crippen molar-refractivity contribution < 1.29 is 4.79 Å². The third-order valence-corrected chi connectivity index (χ3v) is 5.60. The molecule has 0 aliphatic carbocycles. The molecule has 1 N–H and O–H groups in total. The van der Waals surface area contributed by atoms with E-state index in [9.17, 15) is 4.79 Å². The summed E-state index contributed by atoms with van der Waals surface area (Å²) in [7, 11) is 2.20. The van der Waals surface area contributed by atoms with Gasteiger partial charge in [-0.3, -0.25) is 9.69 Å². The van der Waals surface area contributed by atoms with Crippen molar-refractivity contribution in [3.05, 3.63) is 12.7 Å². The number of piperidine rings is 1. The van der Waals surface area contributed by atoms with Crippen LogP contribution >= 0.6 is 0 Å². The molecule has 2 aliphatic heterocycles. The molecule has 1 aromatic heterocycles. The predicted molar refractivity (Wildman–Crippen MR) is 92.5 cm³/mol. The van der Waals surface area contributed by atoms with E-state index in [1.54, 1.807) is 12.7 Å². The van der Waals surface area contributed by atoms with Gasteiger partial charge in [0, 0.05) is 19.6 Å². The van der Waals surface area contributed by atoms with E-state index in [1.165, 1.54) is 12.8 Å². The van der Waals surface area contributed by atoms with Crippen LogP contribution in [0.5, 0.6) is 0 Å². The topological polar surface area (TPSA) is 66.3 Å². The highest BCUT2D eigenvalue weighted by atomic mass is 16.2. The Hall–Kier alpha value is -1.47. The zero-order chi connectivity index (χ0) is 17.0. The molecule has 1 atom stereocenters. The summed E-state index contributed by atoms with van der Waals surface area (Å²) in [5.74, 6) is 0.187. The Morgan fingerprint density at radius 1 is 1.25 bits per heavy atom. The van der Waals surface area contributed by atoms with E-state index in [-0.39, 0.29) is 11.9 Å². The van der Waals surface area contributed by atoms with Gasteiger partial charge in [0.25, 0.3) is 0 Å². The second-order valence-corrected chi connectivity index (χ2v) is 7.48. The summed E-state index contributed by atoms with van der Waals surface area (Å²) in [4.78, 5) is 17.6. The third-order valence-electron chi connectivity index (χ3n) is 5.60. The number of amides is 1. The summed E-state index contributed by atoms with van der Waals surface area (Å²) in [5.41, 5.74) is 0.345. The van der Waals surface area contributed by atoms with Gasteiger partial charge in [0.05, 0.1) is 6.04 Å². The van der Waals surface area contributed by atoms with E-state index >= 15 is 0 Å². The minimum Gasteiger partial charge on any atom is -0.353 e. The molecule has 0 bridgehead atoms. The zero-order valence-corrected chi connectivity index (χ0v) is 14.9. The first-order valence-corrected chi connectivity index (χ1v) is 9.15. The Labute approximate surface area is 144 Å². The normalized spacial score (nSPS) is 24.5. The summed E-state index contributed by atoms with van der Waals surface area (Å²) in [6, 6.07) is 0.0364. The maximum atomic E-state index is 12.7. The van der Waals surface area contributed by atoms with Crippen molar-refractivity contribution in [2.24, 2.45) is 5.41 Å². The number of aromatic nitrogens is 3. The average molecular weight is 334 g/mol. The van der Waals surface area contributed by atoms with Gasteiger partial charge in [-0.15, -0.1) is 10.2 Å². The first-order chi connectivity index (χ1) is 11.6. The van der Waals surface area contributed by atoms with Crippen molar-refractivity contribution in [1.29, 1.82) is 0 Å². The van der Waals surface area contributed by atoms with Crippen LogP contribution in [-0.4, -0.2) is 76.3 Å². The highest BCUT2D eigenvalue weighted by Crippen LogP contribution is 2.43. The first kappa shape index (κ1) is 17.4. The predicted octanol–water partition coefficient (Wildman–Crippen LogP) is 0.591. The van der Waals surface area contributed by atoms with Crippen LogP contribution in [-0.2, 0) is 11.3 Å².